The number of halogens is 1. The molecule has 0 unspecified atom stereocenters. The molecule has 1 saturated heterocycles. The van der Waals surface area contributed by atoms with E-state index in [0.29, 0.717) is 58.8 Å². The summed E-state index contributed by atoms with van der Waals surface area (Å²) in [5.74, 6) is 7.75. The van der Waals surface area contributed by atoms with Crippen molar-refractivity contribution in [3.63, 3.8) is 0 Å². The Bertz CT molecular complexity index is 1670. The summed E-state index contributed by atoms with van der Waals surface area (Å²) < 4.78 is 12.7. The van der Waals surface area contributed by atoms with Crippen molar-refractivity contribution in [1.29, 1.82) is 0 Å². The first-order valence-electron chi connectivity index (χ1n) is 16.5. The maximum Gasteiger partial charge on any atom is 0.410 e. The highest BCUT2D eigenvalue weighted by molar-refractivity contribution is 9.10. The van der Waals surface area contributed by atoms with E-state index in [9.17, 15) is 9.59 Å². The highest BCUT2D eigenvalue weighted by Crippen LogP contribution is 2.59. The van der Waals surface area contributed by atoms with Crippen molar-refractivity contribution in [1.82, 2.24) is 19.7 Å². The van der Waals surface area contributed by atoms with Gasteiger partial charge in [0.2, 0.25) is 5.69 Å². The van der Waals surface area contributed by atoms with Gasteiger partial charge in [-0.2, -0.15) is 0 Å². The first-order valence-corrected chi connectivity index (χ1v) is 17.3. The number of nitrogens with zero attached hydrogens (tertiary/aromatic N) is 5. The van der Waals surface area contributed by atoms with Crippen molar-refractivity contribution in [2.75, 3.05) is 26.2 Å². The zero-order valence-corrected chi connectivity index (χ0v) is 30.0. The molecule has 0 radical (unpaired) electrons. The number of fused-ring (bicyclic) bond motifs is 1. The van der Waals surface area contributed by atoms with E-state index in [1.807, 2.05) is 49.9 Å². The number of piperazine rings is 1. The Hall–Kier alpha value is -3.60. The summed E-state index contributed by atoms with van der Waals surface area (Å²) in [4.78, 5) is 40.6. The fourth-order valence-electron chi connectivity index (χ4n) is 8.26. The minimum absolute atomic E-state index is 0.00867. The van der Waals surface area contributed by atoms with Crippen LogP contribution in [0.25, 0.3) is 4.85 Å². The Kier molecular flexibility index (Phi) is 8.60. The maximum atomic E-state index is 13.7. The van der Waals surface area contributed by atoms with Gasteiger partial charge in [-0.05, 0) is 63.8 Å². The van der Waals surface area contributed by atoms with Crippen LogP contribution in [0, 0.1) is 35.2 Å². The van der Waals surface area contributed by atoms with E-state index >= 15 is 0 Å². The molecular weight excluding hydrogens is 658 g/mol. The third kappa shape index (κ3) is 6.35. The molecule has 1 aromatic heterocycles. The van der Waals surface area contributed by atoms with Gasteiger partial charge in [0.1, 0.15) is 23.1 Å². The third-order valence-electron chi connectivity index (χ3n) is 10.2. The summed E-state index contributed by atoms with van der Waals surface area (Å²) in [5.41, 5.74) is 1.59. The molecule has 2 aliphatic heterocycles. The molecule has 3 heterocycles. The van der Waals surface area contributed by atoms with Crippen molar-refractivity contribution < 1.29 is 19.1 Å². The first-order chi connectivity index (χ1) is 22.1. The van der Waals surface area contributed by atoms with Crippen molar-refractivity contribution in [3.05, 3.63) is 63.2 Å². The summed E-state index contributed by atoms with van der Waals surface area (Å²) >= 11 is 3.47. The van der Waals surface area contributed by atoms with Crippen LogP contribution in [0.3, 0.4) is 0 Å². The van der Waals surface area contributed by atoms with Gasteiger partial charge in [-0.15, -0.1) is 0 Å². The maximum absolute atomic E-state index is 13.7. The lowest BCUT2D eigenvalue weighted by Gasteiger charge is -2.65. The molecule has 2 aromatic rings. The second kappa shape index (κ2) is 12.1. The highest BCUT2D eigenvalue weighted by atomic mass is 79.9. The monoisotopic (exact) mass is 701 g/mol. The largest absolute Gasteiger partial charge is 0.489 e. The molecule has 2 saturated carbocycles. The van der Waals surface area contributed by atoms with Crippen LogP contribution >= 0.6 is 15.9 Å². The summed E-state index contributed by atoms with van der Waals surface area (Å²) in [7, 11) is 0. The van der Waals surface area contributed by atoms with Gasteiger partial charge in [-0.1, -0.05) is 55.6 Å². The number of aromatic nitrogens is 1. The van der Waals surface area contributed by atoms with Crippen LogP contribution in [0.15, 0.2) is 34.8 Å². The number of benzene rings is 1. The number of amides is 2. The average molecular weight is 703 g/mol. The summed E-state index contributed by atoms with van der Waals surface area (Å²) in [6, 6.07) is 9.64. The summed E-state index contributed by atoms with van der Waals surface area (Å²) in [5, 5.41) is 0. The molecule has 10 heteroatoms. The lowest BCUT2D eigenvalue weighted by Crippen LogP contribution is -2.74. The van der Waals surface area contributed by atoms with Gasteiger partial charge >= 0.3 is 6.09 Å². The number of carbonyl (C=O) groups excluding carboxylic acids is 2. The lowest BCUT2D eigenvalue weighted by molar-refractivity contribution is -0.199. The van der Waals surface area contributed by atoms with E-state index in [1.54, 1.807) is 11.0 Å². The van der Waals surface area contributed by atoms with E-state index in [1.165, 1.54) is 0 Å². The molecule has 2 aliphatic carbocycles. The molecule has 9 nitrogen and oxygen atoms in total. The molecule has 0 bridgehead atoms. The van der Waals surface area contributed by atoms with Crippen molar-refractivity contribution in [2.24, 2.45) is 16.7 Å². The van der Waals surface area contributed by atoms with Crippen LogP contribution < -0.4 is 4.74 Å². The molecule has 4 aliphatic rings. The number of pyridine rings is 1. The van der Waals surface area contributed by atoms with Crippen LogP contribution in [-0.4, -0.2) is 81.7 Å². The van der Waals surface area contributed by atoms with Crippen LogP contribution in [0.2, 0.25) is 0 Å². The summed E-state index contributed by atoms with van der Waals surface area (Å²) in [6.07, 6.45) is 1.68. The molecule has 0 atom stereocenters. The fourth-order valence-corrected chi connectivity index (χ4v) is 8.71. The van der Waals surface area contributed by atoms with Gasteiger partial charge < -0.3 is 19.3 Å². The second-order valence-electron chi connectivity index (χ2n) is 15.5. The number of rotatable bonds is 4. The van der Waals surface area contributed by atoms with Gasteiger partial charge in [0.05, 0.1) is 24.4 Å². The molecule has 248 valence electrons. The molecular formula is C37H44BrN5O4. The van der Waals surface area contributed by atoms with Gasteiger partial charge in [-0.25, -0.2) is 14.6 Å². The van der Waals surface area contributed by atoms with Crippen molar-refractivity contribution in [3.8, 4) is 17.6 Å². The van der Waals surface area contributed by atoms with Crippen LogP contribution in [0.1, 0.15) is 83.1 Å². The Balaban J connectivity index is 1.04. The van der Waals surface area contributed by atoms with Crippen LogP contribution in [-0.2, 0) is 11.3 Å². The molecule has 47 heavy (non-hydrogen) atoms. The Morgan fingerprint density at radius 3 is 2.36 bits per heavy atom. The average Bonchev–Trinajstić information content (AvgIpc) is 3.28. The third-order valence-corrected chi connectivity index (χ3v) is 10.8. The summed E-state index contributed by atoms with van der Waals surface area (Å²) in [6.45, 7) is 25.2. The van der Waals surface area contributed by atoms with Crippen LogP contribution in [0.5, 0.6) is 5.75 Å². The normalized spacial score (nSPS) is 26.2. The van der Waals surface area contributed by atoms with E-state index < -0.39 is 5.60 Å². The molecule has 2 amide bonds. The minimum Gasteiger partial charge on any atom is -0.489 e. The SMILES string of the molecule is [C-]#[N+]c1ccc(OC2C(C)(C)C(N3Cc4nc(C#CC5CC(N6CCN(C(=O)OC(C)(C)C)CC6)C5)ccc4C3=O)C2(C)C)cc1Br. The van der Waals surface area contributed by atoms with Gasteiger partial charge in [0.25, 0.3) is 5.91 Å². The van der Waals surface area contributed by atoms with E-state index in [4.69, 9.17) is 21.0 Å². The molecule has 3 fully saturated rings. The van der Waals surface area contributed by atoms with Crippen molar-refractivity contribution >= 4 is 33.6 Å². The Morgan fingerprint density at radius 1 is 1.06 bits per heavy atom. The minimum atomic E-state index is -0.478. The number of ether oxygens (including phenoxy) is 2. The fraction of sp³-hybridized carbons (Fsp3) is 0.568. The predicted molar refractivity (Wildman–Crippen MR) is 183 cm³/mol. The molecule has 1 aromatic carbocycles. The molecule has 0 spiro atoms. The van der Waals surface area contributed by atoms with Gasteiger partial charge in [-0.3, -0.25) is 9.69 Å². The van der Waals surface area contributed by atoms with E-state index in [-0.39, 0.29) is 35.0 Å². The number of carbonyl (C=O) groups is 2. The standard InChI is InChI=1S/C37H44BrN5O4/c1-35(2,3)47-34(45)42-17-15-41(16-18-42)25-19-23(20-25)9-10-24-11-13-27-30(40-24)22-43(31(27)44)32-36(4,5)33(37(32,6)7)46-26-12-14-29(39-8)28(38)21-26/h11-14,21,23,25,32-33H,15-20,22H2,1-7H3. The van der Waals surface area contributed by atoms with E-state index in [0.717, 1.165) is 31.6 Å². The van der Waals surface area contributed by atoms with Crippen LogP contribution in [0.4, 0.5) is 10.5 Å². The zero-order chi connectivity index (χ0) is 33.9. The predicted octanol–water partition coefficient (Wildman–Crippen LogP) is 6.92. The van der Waals surface area contributed by atoms with Gasteiger partial charge in [0, 0.05) is 59.5 Å². The van der Waals surface area contributed by atoms with E-state index in [2.05, 4.69) is 65.2 Å². The first kappa shape index (κ1) is 33.3. The lowest BCUT2D eigenvalue weighted by atomic mass is 9.49. The second-order valence-corrected chi connectivity index (χ2v) is 16.3. The number of hydrogen-bond acceptors (Lipinski definition) is 6. The quantitative estimate of drug-likeness (QED) is 0.255. The van der Waals surface area contributed by atoms with Crippen molar-refractivity contribution in [2.45, 2.75) is 91.6 Å². The zero-order valence-electron chi connectivity index (χ0n) is 28.4. The highest BCUT2D eigenvalue weighted by Gasteiger charge is 2.67. The number of hydrogen-bond donors (Lipinski definition) is 0. The van der Waals surface area contributed by atoms with Gasteiger partial charge in [0.15, 0.2) is 0 Å². The smallest absolute Gasteiger partial charge is 0.410 e. The molecule has 6 rings (SSSR count). The Labute approximate surface area is 286 Å². The topological polar surface area (TPSA) is 79.6 Å². The molecule has 0 N–H and O–H groups in total. The Morgan fingerprint density at radius 2 is 1.74 bits per heavy atom.